The zero-order valence-electron chi connectivity index (χ0n) is 12.8. The average Bonchev–Trinajstić information content (AvgIpc) is 2.36. The predicted octanol–water partition coefficient (Wildman–Crippen LogP) is 2.88. The van der Waals surface area contributed by atoms with Crippen molar-refractivity contribution in [1.82, 2.24) is 4.90 Å². The third kappa shape index (κ3) is 4.43. The van der Waals surface area contributed by atoms with Crippen LogP contribution in [0.25, 0.3) is 0 Å². The van der Waals surface area contributed by atoms with Crippen LogP contribution in [0.15, 0.2) is 24.3 Å². The molecule has 1 aliphatic rings. The molecule has 0 saturated carbocycles. The van der Waals surface area contributed by atoms with Crippen molar-refractivity contribution in [2.75, 3.05) is 13.1 Å². The number of carbonyl (C=O) groups is 1. The largest absolute Gasteiger partial charge is 0.444 e. The number of benzene rings is 1. The van der Waals surface area contributed by atoms with Crippen LogP contribution in [0.3, 0.4) is 0 Å². The lowest BCUT2D eigenvalue weighted by Gasteiger charge is -2.37. The topological polar surface area (TPSA) is 55.6 Å². The summed E-state index contributed by atoms with van der Waals surface area (Å²) in [6.45, 7) is 6.48. The van der Waals surface area contributed by atoms with Gasteiger partial charge < -0.3 is 15.4 Å². The Morgan fingerprint density at radius 1 is 1.38 bits per heavy atom. The van der Waals surface area contributed by atoms with Gasteiger partial charge in [0.25, 0.3) is 0 Å². The fourth-order valence-corrected chi connectivity index (χ4v) is 2.62. The summed E-state index contributed by atoms with van der Waals surface area (Å²) in [6, 6.07) is 6.36. The van der Waals surface area contributed by atoms with E-state index >= 15 is 0 Å². The van der Waals surface area contributed by atoms with Crippen LogP contribution in [0, 0.1) is 5.82 Å². The smallest absolute Gasteiger partial charge is 0.410 e. The summed E-state index contributed by atoms with van der Waals surface area (Å²) in [5.74, 6) is -0.229. The lowest BCUT2D eigenvalue weighted by molar-refractivity contribution is 0.0180. The maximum atomic E-state index is 13.4. The van der Waals surface area contributed by atoms with Crippen LogP contribution >= 0.6 is 0 Å². The highest BCUT2D eigenvalue weighted by Gasteiger charge is 2.31. The van der Waals surface area contributed by atoms with Gasteiger partial charge in [-0.25, -0.2) is 9.18 Å². The molecule has 4 nitrogen and oxygen atoms in total. The van der Waals surface area contributed by atoms with Gasteiger partial charge in [0.05, 0.1) is 0 Å². The molecule has 5 heteroatoms. The molecule has 0 bridgehead atoms. The summed E-state index contributed by atoms with van der Waals surface area (Å²) < 4.78 is 18.8. The summed E-state index contributed by atoms with van der Waals surface area (Å²) in [5, 5.41) is 0. The van der Waals surface area contributed by atoms with Crippen LogP contribution in [0.2, 0.25) is 0 Å². The second kappa shape index (κ2) is 6.02. The molecule has 2 atom stereocenters. The maximum Gasteiger partial charge on any atom is 0.410 e. The van der Waals surface area contributed by atoms with Crippen LogP contribution in [0.1, 0.15) is 38.7 Å². The Balaban J connectivity index is 2.10. The Labute approximate surface area is 125 Å². The van der Waals surface area contributed by atoms with Crippen molar-refractivity contribution >= 4 is 6.09 Å². The van der Waals surface area contributed by atoms with Gasteiger partial charge in [0.1, 0.15) is 11.4 Å². The molecule has 0 unspecified atom stereocenters. The van der Waals surface area contributed by atoms with Gasteiger partial charge in [-0.15, -0.1) is 0 Å². The second-order valence-electron chi connectivity index (χ2n) is 6.63. The standard InChI is InChI=1S/C16H23FN2O2/c1-16(2,3)21-15(20)19-9-12(8-14(18)10-19)11-5-4-6-13(17)7-11/h4-7,12,14H,8-10,18H2,1-3H3/t12-,14-/m0/s1. The van der Waals surface area contributed by atoms with Gasteiger partial charge >= 0.3 is 6.09 Å². The van der Waals surface area contributed by atoms with Crippen LogP contribution in [0.5, 0.6) is 0 Å². The number of nitrogens with two attached hydrogens (primary N) is 1. The van der Waals surface area contributed by atoms with Crippen molar-refractivity contribution < 1.29 is 13.9 Å². The van der Waals surface area contributed by atoms with Crippen molar-refractivity contribution in [2.45, 2.75) is 44.8 Å². The van der Waals surface area contributed by atoms with Gasteiger partial charge in [-0.1, -0.05) is 12.1 Å². The molecule has 21 heavy (non-hydrogen) atoms. The zero-order valence-corrected chi connectivity index (χ0v) is 12.8. The summed E-state index contributed by atoms with van der Waals surface area (Å²) >= 11 is 0. The number of ether oxygens (including phenoxy) is 1. The van der Waals surface area contributed by atoms with Gasteiger partial charge in [0.15, 0.2) is 0 Å². The van der Waals surface area contributed by atoms with Crippen molar-refractivity contribution in [3.05, 3.63) is 35.6 Å². The fraction of sp³-hybridized carbons (Fsp3) is 0.562. The van der Waals surface area contributed by atoms with E-state index in [0.29, 0.717) is 13.1 Å². The first-order valence-corrected chi connectivity index (χ1v) is 7.23. The molecule has 1 saturated heterocycles. The molecule has 2 N–H and O–H groups in total. The first-order valence-electron chi connectivity index (χ1n) is 7.23. The number of amides is 1. The maximum absolute atomic E-state index is 13.4. The van der Waals surface area contributed by atoms with Gasteiger partial charge in [0.2, 0.25) is 0 Å². The van der Waals surface area contributed by atoms with E-state index in [1.54, 1.807) is 11.0 Å². The molecule has 1 amide bonds. The molecule has 1 aromatic carbocycles. The molecule has 0 radical (unpaired) electrons. The highest BCUT2D eigenvalue weighted by molar-refractivity contribution is 5.68. The van der Waals surface area contributed by atoms with Crippen molar-refractivity contribution in [1.29, 1.82) is 0 Å². The molecular formula is C16H23FN2O2. The van der Waals surface area contributed by atoms with E-state index in [0.717, 1.165) is 12.0 Å². The SMILES string of the molecule is CC(C)(C)OC(=O)N1C[C@@H](N)C[C@H](c2cccc(F)c2)C1. The van der Waals surface area contributed by atoms with E-state index in [2.05, 4.69) is 0 Å². The zero-order chi connectivity index (χ0) is 15.6. The predicted molar refractivity (Wildman–Crippen MR) is 79.5 cm³/mol. The second-order valence-corrected chi connectivity index (χ2v) is 6.63. The quantitative estimate of drug-likeness (QED) is 0.866. The first kappa shape index (κ1) is 15.8. The number of hydrogen-bond acceptors (Lipinski definition) is 3. The van der Waals surface area contributed by atoms with E-state index in [1.165, 1.54) is 12.1 Å². The number of halogens is 1. The number of carbonyl (C=O) groups excluding carboxylic acids is 1. The molecule has 1 aliphatic heterocycles. The van der Waals surface area contributed by atoms with Crippen molar-refractivity contribution in [3.63, 3.8) is 0 Å². The minimum Gasteiger partial charge on any atom is -0.444 e. The van der Waals surface area contributed by atoms with Crippen LogP contribution < -0.4 is 5.73 Å². The third-order valence-corrected chi connectivity index (χ3v) is 3.45. The fourth-order valence-electron chi connectivity index (χ4n) is 2.62. The molecule has 0 aromatic heterocycles. The Morgan fingerprint density at radius 2 is 2.10 bits per heavy atom. The molecule has 2 rings (SSSR count). The van der Waals surface area contributed by atoms with E-state index in [4.69, 9.17) is 10.5 Å². The highest BCUT2D eigenvalue weighted by atomic mass is 19.1. The number of nitrogens with zero attached hydrogens (tertiary/aromatic N) is 1. The van der Waals surface area contributed by atoms with Crippen LogP contribution in [-0.4, -0.2) is 35.7 Å². The first-order chi connectivity index (χ1) is 9.74. The monoisotopic (exact) mass is 294 g/mol. The van der Waals surface area contributed by atoms with Crippen molar-refractivity contribution in [2.24, 2.45) is 5.73 Å². The minimum absolute atomic E-state index is 0.0389. The molecule has 0 aliphatic carbocycles. The highest BCUT2D eigenvalue weighted by Crippen LogP contribution is 2.27. The molecule has 0 spiro atoms. The summed E-state index contributed by atoms with van der Waals surface area (Å²) in [5.41, 5.74) is 6.39. The minimum atomic E-state index is -0.535. The van der Waals surface area contributed by atoms with Gasteiger partial charge in [-0.05, 0) is 44.9 Å². The molecular weight excluding hydrogens is 271 g/mol. The van der Waals surface area contributed by atoms with E-state index in [9.17, 15) is 9.18 Å². The van der Waals surface area contributed by atoms with E-state index in [1.807, 2.05) is 26.8 Å². The third-order valence-electron chi connectivity index (χ3n) is 3.45. The summed E-state index contributed by atoms with van der Waals surface area (Å²) in [6.07, 6.45) is 0.377. The Bertz CT molecular complexity index is 513. The molecule has 1 aromatic rings. The summed E-state index contributed by atoms with van der Waals surface area (Å²) in [4.78, 5) is 13.8. The number of piperidine rings is 1. The molecule has 116 valence electrons. The molecule has 1 fully saturated rings. The Morgan fingerprint density at radius 3 is 2.71 bits per heavy atom. The average molecular weight is 294 g/mol. The summed E-state index contributed by atoms with van der Waals surface area (Å²) in [7, 11) is 0. The normalized spacial score (nSPS) is 23.0. The van der Waals surface area contributed by atoms with E-state index in [-0.39, 0.29) is 23.9 Å². The number of likely N-dealkylation sites (tertiary alicyclic amines) is 1. The van der Waals surface area contributed by atoms with Crippen LogP contribution in [-0.2, 0) is 4.74 Å². The lowest BCUT2D eigenvalue weighted by Crippen LogP contribution is -2.50. The Hall–Kier alpha value is -1.62. The lowest BCUT2D eigenvalue weighted by atomic mass is 9.88. The molecule has 1 heterocycles. The van der Waals surface area contributed by atoms with E-state index < -0.39 is 5.60 Å². The number of hydrogen-bond donors (Lipinski definition) is 1. The Kier molecular flexibility index (Phi) is 4.52. The van der Waals surface area contributed by atoms with Gasteiger partial charge in [-0.3, -0.25) is 0 Å². The van der Waals surface area contributed by atoms with Crippen molar-refractivity contribution in [3.8, 4) is 0 Å². The van der Waals surface area contributed by atoms with Gasteiger partial charge in [0, 0.05) is 25.0 Å². The van der Waals surface area contributed by atoms with Crippen LogP contribution in [0.4, 0.5) is 9.18 Å². The van der Waals surface area contributed by atoms with Gasteiger partial charge in [-0.2, -0.15) is 0 Å². The number of rotatable bonds is 1.